The lowest BCUT2D eigenvalue weighted by molar-refractivity contribution is -0.138. The third kappa shape index (κ3) is 4.70. The molecular formula is C14H18ClNO6. The number of halogens is 1. The minimum absolute atomic E-state index is 0. The van der Waals surface area contributed by atoms with Gasteiger partial charge in [0.05, 0.1) is 24.7 Å². The predicted molar refractivity (Wildman–Crippen MR) is 79.4 cm³/mol. The molecule has 0 aliphatic rings. The van der Waals surface area contributed by atoms with Gasteiger partial charge in [0.15, 0.2) is 5.69 Å². The Morgan fingerprint density at radius 1 is 1.18 bits per heavy atom. The zero-order valence-corrected chi connectivity index (χ0v) is 13.3. The number of carbonyl (C=O) groups excluding carboxylic acids is 2. The number of carboxylic acids is 1. The van der Waals surface area contributed by atoms with Gasteiger partial charge >= 0.3 is 17.9 Å². The molecule has 0 radical (unpaired) electrons. The average Bonchev–Trinajstić information content (AvgIpc) is 2.46. The van der Waals surface area contributed by atoms with Crippen LogP contribution in [0.25, 0.3) is 0 Å². The SMILES string of the molecule is CCOC(=O)c1cc(C(C)C(=O)O)cnc1C(=O)OCC.Cl. The van der Waals surface area contributed by atoms with Crippen molar-refractivity contribution in [2.75, 3.05) is 13.2 Å². The van der Waals surface area contributed by atoms with Gasteiger partial charge in [0.1, 0.15) is 0 Å². The summed E-state index contributed by atoms with van der Waals surface area (Å²) in [5.41, 5.74) is 0.0242. The highest BCUT2D eigenvalue weighted by Crippen LogP contribution is 2.19. The van der Waals surface area contributed by atoms with E-state index in [9.17, 15) is 14.4 Å². The van der Waals surface area contributed by atoms with Gasteiger partial charge in [-0.1, -0.05) is 0 Å². The fourth-order valence-electron chi connectivity index (χ4n) is 1.59. The molecule has 0 aromatic carbocycles. The molecule has 0 saturated heterocycles. The summed E-state index contributed by atoms with van der Waals surface area (Å²) in [6.07, 6.45) is 1.24. The normalized spacial score (nSPS) is 11.0. The summed E-state index contributed by atoms with van der Waals surface area (Å²) >= 11 is 0. The molecule has 122 valence electrons. The van der Waals surface area contributed by atoms with Crippen molar-refractivity contribution in [3.8, 4) is 0 Å². The molecule has 0 bridgehead atoms. The number of aromatic nitrogens is 1. The van der Waals surface area contributed by atoms with E-state index >= 15 is 0 Å². The fraction of sp³-hybridized carbons (Fsp3) is 0.429. The van der Waals surface area contributed by atoms with Crippen LogP contribution < -0.4 is 0 Å². The number of hydrogen-bond acceptors (Lipinski definition) is 6. The molecule has 22 heavy (non-hydrogen) atoms. The number of aliphatic carboxylic acids is 1. The Balaban J connectivity index is 0.00000441. The first-order valence-corrected chi connectivity index (χ1v) is 6.49. The van der Waals surface area contributed by atoms with Gasteiger partial charge in [-0.25, -0.2) is 14.6 Å². The molecule has 0 fully saturated rings. The van der Waals surface area contributed by atoms with Crippen molar-refractivity contribution in [1.29, 1.82) is 0 Å². The Hall–Kier alpha value is -2.15. The lowest BCUT2D eigenvalue weighted by atomic mass is 10.0. The van der Waals surface area contributed by atoms with Gasteiger partial charge in [0.25, 0.3) is 0 Å². The van der Waals surface area contributed by atoms with Crippen LogP contribution in [0, 0.1) is 0 Å². The molecule has 1 aromatic rings. The second-order valence-corrected chi connectivity index (χ2v) is 4.17. The van der Waals surface area contributed by atoms with Crippen molar-refractivity contribution >= 4 is 30.3 Å². The highest BCUT2D eigenvalue weighted by Gasteiger charge is 2.24. The first-order valence-electron chi connectivity index (χ1n) is 6.49. The van der Waals surface area contributed by atoms with Crippen LogP contribution >= 0.6 is 12.4 Å². The number of nitrogens with zero attached hydrogens (tertiary/aromatic N) is 1. The lowest BCUT2D eigenvalue weighted by Crippen LogP contribution is -2.18. The number of pyridine rings is 1. The van der Waals surface area contributed by atoms with Crippen LogP contribution in [0.1, 0.15) is 53.1 Å². The zero-order valence-electron chi connectivity index (χ0n) is 12.5. The third-order valence-corrected chi connectivity index (χ3v) is 2.74. The lowest BCUT2D eigenvalue weighted by Gasteiger charge is -2.11. The summed E-state index contributed by atoms with van der Waals surface area (Å²) in [6.45, 7) is 4.97. The zero-order chi connectivity index (χ0) is 16.0. The number of hydrogen-bond donors (Lipinski definition) is 1. The Kier molecular flexibility index (Phi) is 8.11. The standard InChI is InChI=1S/C14H17NO6.ClH/c1-4-20-13(18)10-6-9(8(3)12(16)17)7-15-11(10)14(19)21-5-2;/h6-8H,4-5H2,1-3H3,(H,16,17);1H. The third-order valence-electron chi connectivity index (χ3n) is 2.74. The summed E-state index contributed by atoms with van der Waals surface area (Å²) in [7, 11) is 0. The maximum absolute atomic E-state index is 11.9. The van der Waals surface area contributed by atoms with E-state index in [1.165, 1.54) is 19.2 Å². The fourth-order valence-corrected chi connectivity index (χ4v) is 1.59. The van der Waals surface area contributed by atoms with E-state index in [0.29, 0.717) is 5.56 Å². The average molecular weight is 332 g/mol. The van der Waals surface area contributed by atoms with Crippen molar-refractivity contribution in [3.63, 3.8) is 0 Å². The second kappa shape index (κ2) is 8.99. The van der Waals surface area contributed by atoms with Crippen molar-refractivity contribution < 1.29 is 29.0 Å². The Morgan fingerprint density at radius 3 is 2.23 bits per heavy atom. The Bertz CT molecular complexity index is 560. The van der Waals surface area contributed by atoms with Crippen LogP contribution in [0.5, 0.6) is 0 Å². The largest absolute Gasteiger partial charge is 0.481 e. The van der Waals surface area contributed by atoms with E-state index in [1.807, 2.05) is 0 Å². The smallest absolute Gasteiger partial charge is 0.357 e. The molecular weight excluding hydrogens is 314 g/mol. The summed E-state index contributed by atoms with van der Waals surface area (Å²) in [6, 6.07) is 1.30. The molecule has 1 heterocycles. The molecule has 1 N–H and O–H groups in total. The van der Waals surface area contributed by atoms with Crippen LogP contribution in [-0.2, 0) is 14.3 Å². The molecule has 0 saturated carbocycles. The van der Waals surface area contributed by atoms with E-state index in [2.05, 4.69) is 4.98 Å². The van der Waals surface area contributed by atoms with Gasteiger partial charge in [0.2, 0.25) is 0 Å². The quantitative estimate of drug-likeness (QED) is 0.795. The Morgan fingerprint density at radius 2 is 1.73 bits per heavy atom. The monoisotopic (exact) mass is 331 g/mol. The van der Waals surface area contributed by atoms with E-state index in [0.717, 1.165) is 0 Å². The first kappa shape index (κ1) is 19.9. The summed E-state index contributed by atoms with van der Waals surface area (Å²) in [5.74, 6) is -3.42. The number of ether oxygens (including phenoxy) is 2. The molecule has 0 spiro atoms. The number of carboxylic acid groups (broad SMARTS) is 1. The second-order valence-electron chi connectivity index (χ2n) is 4.17. The van der Waals surface area contributed by atoms with Crippen molar-refractivity contribution in [2.24, 2.45) is 0 Å². The van der Waals surface area contributed by atoms with Crippen molar-refractivity contribution in [2.45, 2.75) is 26.7 Å². The molecule has 0 aliphatic carbocycles. The van der Waals surface area contributed by atoms with Gasteiger partial charge < -0.3 is 14.6 Å². The summed E-state index contributed by atoms with van der Waals surface area (Å²) < 4.78 is 9.68. The highest BCUT2D eigenvalue weighted by molar-refractivity contribution is 6.02. The number of rotatable bonds is 6. The highest BCUT2D eigenvalue weighted by atomic mass is 35.5. The molecule has 8 heteroatoms. The first-order chi connectivity index (χ1) is 9.92. The predicted octanol–water partition coefficient (Wildman–Crippen LogP) is 2.04. The number of esters is 2. The van der Waals surface area contributed by atoms with Gasteiger partial charge in [-0.15, -0.1) is 12.4 Å². The molecule has 1 rings (SSSR count). The summed E-state index contributed by atoms with van der Waals surface area (Å²) in [5, 5.41) is 9.00. The Labute approximate surface area is 134 Å². The topological polar surface area (TPSA) is 103 Å². The summed E-state index contributed by atoms with van der Waals surface area (Å²) in [4.78, 5) is 38.5. The molecule has 0 amide bonds. The maximum atomic E-state index is 11.9. The molecule has 1 unspecified atom stereocenters. The van der Waals surface area contributed by atoms with Crippen molar-refractivity contribution in [1.82, 2.24) is 4.98 Å². The van der Waals surface area contributed by atoms with Crippen LogP contribution in [0.15, 0.2) is 12.3 Å². The van der Waals surface area contributed by atoms with E-state index in [1.54, 1.807) is 13.8 Å². The van der Waals surface area contributed by atoms with Gasteiger partial charge in [-0.2, -0.15) is 0 Å². The minimum atomic E-state index is -1.06. The van der Waals surface area contributed by atoms with E-state index in [4.69, 9.17) is 14.6 Å². The van der Waals surface area contributed by atoms with Crippen LogP contribution in [0.4, 0.5) is 0 Å². The maximum Gasteiger partial charge on any atom is 0.357 e. The van der Waals surface area contributed by atoms with Crippen LogP contribution in [0.2, 0.25) is 0 Å². The number of carbonyl (C=O) groups is 3. The van der Waals surface area contributed by atoms with E-state index in [-0.39, 0.29) is 36.9 Å². The van der Waals surface area contributed by atoms with Gasteiger partial charge in [-0.3, -0.25) is 4.79 Å². The van der Waals surface area contributed by atoms with Crippen LogP contribution in [-0.4, -0.2) is 41.2 Å². The molecule has 0 aliphatic heterocycles. The van der Waals surface area contributed by atoms with Gasteiger partial charge in [-0.05, 0) is 32.4 Å². The minimum Gasteiger partial charge on any atom is -0.481 e. The van der Waals surface area contributed by atoms with Gasteiger partial charge in [0, 0.05) is 6.20 Å². The van der Waals surface area contributed by atoms with Crippen LogP contribution in [0.3, 0.4) is 0 Å². The molecule has 1 aromatic heterocycles. The molecule has 1 atom stereocenters. The van der Waals surface area contributed by atoms with Crippen molar-refractivity contribution in [3.05, 3.63) is 29.1 Å². The molecule has 7 nitrogen and oxygen atoms in total. The van der Waals surface area contributed by atoms with E-state index < -0.39 is 23.8 Å².